The van der Waals surface area contributed by atoms with Crippen molar-refractivity contribution in [2.24, 2.45) is 5.41 Å². The summed E-state index contributed by atoms with van der Waals surface area (Å²) >= 11 is 1.42. The summed E-state index contributed by atoms with van der Waals surface area (Å²) < 4.78 is 16.7. The number of ether oxygens (including phenoxy) is 3. The first-order valence-corrected chi connectivity index (χ1v) is 13.0. The van der Waals surface area contributed by atoms with Crippen LogP contribution >= 0.6 is 11.3 Å². The van der Waals surface area contributed by atoms with Gasteiger partial charge in [0.05, 0.1) is 37.2 Å². The van der Waals surface area contributed by atoms with E-state index in [1.165, 1.54) is 18.4 Å². The quantitative estimate of drug-likeness (QED) is 0.269. The summed E-state index contributed by atoms with van der Waals surface area (Å²) in [7, 11) is 3.13. The van der Waals surface area contributed by atoms with Crippen molar-refractivity contribution < 1.29 is 29.2 Å². The van der Waals surface area contributed by atoms with Gasteiger partial charge in [0.2, 0.25) is 0 Å². The van der Waals surface area contributed by atoms with Crippen molar-refractivity contribution in [1.29, 1.82) is 0 Å². The number of nitrogens with one attached hydrogen (secondary N) is 1. The lowest BCUT2D eigenvalue weighted by atomic mass is 9.64. The zero-order valence-corrected chi connectivity index (χ0v) is 22.5. The van der Waals surface area contributed by atoms with Crippen molar-refractivity contribution in [3.05, 3.63) is 76.0 Å². The maximum absolute atomic E-state index is 12.5. The topological polar surface area (TPSA) is 97.3 Å². The molecule has 4 rings (SSSR count). The lowest BCUT2D eigenvalue weighted by molar-refractivity contribution is -0.0112. The summed E-state index contributed by atoms with van der Waals surface area (Å²) in [6.07, 6.45) is -0.512. The fourth-order valence-electron chi connectivity index (χ4n) is 5.01. The van der Waals surface area contributed by atoms with Crippen LogP contribution in [-0.2, 0) is 0 Å². The Morgan fingerprint density at radius 1 is 1.08 bits per heavy atom. The van der Waals surface area contributed by atoms with E-state index in [4.69, 9.17) is 14.2 Å². The van der Waals surface area contributed by atoms with Gasteiger partial charge in [0.25, 0.3) is 0 Å². The Kier molecular flexibility index (Phi) is 7.64. The third kappa shape index (κ3) is 5.51. The number of methoxy groups -OCH3 is 2. The molecule has 2 aromatic carbocycles. The molecular formula is C29H33NO6S. The molecule has 0 saturated carbocycles. The highest BCUT2D eigenvalue weighted by Crippen LogP contribution is 2.50. The smallest absolute Gasteiger partial charge is 0.344 e. The number of rotatable bonds is 8. The molecule has 2 unspecified atom stereocenters. The molecule has 7 nitrogen and oxygen atoms in total. The van der Waals surface area contributed by atoms with Crippen molar-refractivity contribution in [2.75, 3.05) is 26.1 Å². The predicted octanol–water partition coefficient (Wildman–Crippen LogP) is 5.39. The Bertz CT molecular complexity index is 1300. The molecule has 0 saturated heterocycles. The van der Waals surface area contributed by atoms with Crippen LogP contribution in [0.15, 0.2) is 64.9 Å². The van der Waals surface area contributed by atoms with Crippen LogP contribution in [0.4, 0.5) is 5.69 Å². The number of benzene rings is 2. The summed E-state index contributed by atoms with van der Waals surface area (Å²) in [5, 5.41) is 30.1. The molecule has 0 bridgehead atoms. The summed E-state index contributed by atoms with van der Waals surface area (Å²) in [5.41, 5.74) is 1.28. The van der Waals surface area contributed by atoms with Gasteiger partial charge in [0, 0.05) is 23.6 Å². The van der Waals surface area contributed by atoms with E-state index in [0.717, 1.165) is 5.69 Å². The molecule has 196 valence electrons. The number of carbonyl (C=O) groups excluding carboxylic acids is 1. The van der Waals surface area contributed by atoms with Crippen LogP contribution in [0.2, 0.25) is 0 Å². The molecule has 0 radical (unpaired) electrons. The van der Waals surface area contributed by atoms with E-state index in [1.54, 1.807) is 43.7 Å². The number of esters is 1. The van der Waals surface area contributed by atoms with Crippen LogP contribution < -0.4 is 19.5 Å². The maximum Gasteiger partial charge on any atom is 0.344 e. The molecule has 0 spiro atoms. The molecule has 37 heavy (non-hydrogen) atoms. The number of para-hydroxylation sites is 2. The minimum Gasteiger partial charge on any atom is -0.496 e. The van der Waals surface area contributed by atoms with Crippen LogP contribution in [0.3, 0.4) is 0 Å². The van der Waals surface area contributed by atoms with Crippen LogP contribution in [0.5, 0.6) is 17.2 Å². The van der Waals surface area contributed by atoms with Crippen molar-refractivity contribution in [3.63, 3.8) is 0 Å². The van der Waals surface area contributed by atoms with Gasteiger partial charge in [-0.2, -0.15) is 11.3 Å². The highest BCUT2D eigenvalue weighted by atomic mass is 32.1. The third-order valence-corrected chi connectivity index (χ3v) is 7.47. The average Bonchev–Trinajstić information content (AvgIpc) is 3.40. The lowest BCUT2D eigenvalue weighted by Gasteiger charge is -2.46. The first-order chi connectivity index (χ1) is 17.6. The van der Waals surface area contributed by atoms with Crippen molar-refractivity contribution in [3.8, 4) is 17.2 Å². The Balaban J connectivity index is 1.76. The van der Waals surface area contributed by atoms with Gasteiger partial charge in [0.1, 0.15) is 17.2 Å². The second kappa shape index (κ2) is 10.6. The number of hydrogen-bond donors (Lipinski definition) is 3. The van der Waals surface area contributed by atoms with Crippen LogP contribution in [0.1, 0.15) is 43.1 Å². The van der Waals surface area contributed by atoms with E-state index in [-0.39, 0.29) is 6.54 Å². The molecular weight excluding hydrogens is 490 g/mol. The first-order valence-electron chi connectivity index (χ1n) is 12.0. The summed E-state index contributed by atoms with van der Waals surface area (Å²) in [6.45, 7) is 5.90. The fourth-order valence-corrected chi connectivity index (χ4v) is 5.64. The number of thiophene rings is 1. The van der Waals surface area contributed by atoms with Crippen molar-refractivity contribution in [1.82, 2.24) is 0 Å². The van der Waals surface area contributed by atoms with E-state index in [9.17, 15) is 15.0 Å². The second-order valence-electron chi connectivity index (χ2n) is 10.1. The normalized spacial score (nSPS) is 20.9. The van der Waals surface area contributed by atoms with Gasteiger partial charge in [-0.3, -0.25) is 0 Å². The number of aliphatic hydroxyl groups excluding tert-OH is 1. The molecule has 3 aromatic rings. The number of hydrogen-bond acceptors (Lipinski definition) is 8. The van der Waals surface area contributed by atoms with E-state index >= 15 is 0 Å². The van der Waals surface area contributed by atoms with Gasteiger partial charge >= 0.3 is 5.97 Å². The van der Waals surface area contributed by atoms with Gasteiger partial charge < -0.3 is 29.7 Å². The maximum atomic E-state index is 12.5. The van der Waals surface area contributed by atoms with Crippen LogP contribution in [0, 0.1) is 5.41 Å². The van der Waals surface area contributed by atoms with E-state index in [0.29, 0.717) is 45.9 Å². The monoisotopic (exact) mass is 523 g/mol. The molecule has 3 N–H and O–H groups in total. The highest BCUT2D eigenvalue weighted by molar-refractivity contribution is 7.08. The standard InChI is InChI=1S/C29H33NO6S/c1-28(2)17-29(3,33)21(15-30-22-8-6-7-9-23(22)34-4)25(26(28)31)20-11-10-19(14-24(20)35-5)36-27(32)18-12-13-37-16-18/h6-14,16,26,30-31,33H,15,17H2,1-5H3. The molecule has 0 aliphatic heterocycles. The fraction of sp³-hybridized carbons (Fsp3) is 0.345. The minimum absolute atomic E-state index is 0.272. The van der Waals surface area contributed by atoms with Crippen LogP contribution in [0.25, 0.3) is 5.57 Å². The van der Waals surface area contributed by atoms with Gasteiger partial charge in [-0.1, -0.05) is 26.0 Å². The van der Waals surface area contributed by atoms with Gasteiger partial charge in [-0.25, -0.2) is 4.79 Å². The lowest BCUT2D eigenvalue weighted by Crippen LogP contribution is -2.47. The van der Waals surface area contributed by atoms with E-state index in [2.05, 4.69) is 5.32 Å². The first kappa shape index (κ1) is 26.7. The Morgan fingerprint density at radius 3 is 2.49 bits per heavy atom. The molecule has 1 aromatic heterocycles. The summed E-state index contributed by atoms with van der Waals surface area (Å²) in [4.78, 5) is 12.5. The SMILES string of the molecule is COc1ccccc1NCC1=C(c2ccc(OC(=O)c3ccsc3)cc2OC)C(O)C(C)(C)CC1(C)O. The second-order valence-corrected chi connectivity index (χ2v) is 10.8. The molecule has 8 heteroatoms. The number of aliphatic hydroxyl groups is 2. The van der Waals surface area contributed by atoms with E-state index < -0.39 is 23.1 Å². The average molecular weight is 524 g/mol. The predicted molar refractivity (Wildman–Crippen MR) is 146 cm³/mol. The number of anilines is 1. The Hall–Kier alpha value is -3.33. The summed E-state index contributed by atoms with van der Waals surface area (Å²) in [6, 6.07) is 14.3. The molecule has 2 atom stereocenters. The van der Waals surface area contributed by atoms with Crippen molar-refractivity contribution >= 4 is 28.6 Å². The third-order valence-electron chi connectivity index (χ3n) is 6.78. The minimum atomic E-state index is -1.21. The molecule has 1 aliphatic rings. The highest BCUT2D eigenvalue weighted by Gasteiger charge is 2.47. The van der Waals surface area contributed by atoms with Gasteiger partial charge in [0.15, 0.2) is 0 Å². The largest absolute Gasteiger partial charge is 0.496 e. The van der Waals surface area contributed by atoms with Crippen LogP contribution in [-0.4, -0.2) is 48.7 Å². The molecule has 0 fully saturated rings. The number of carbonyl (C=O) groups is 1. The summed E-state index contributed by atoms with van der Waals surface area (Å²) in [5.74, 6) is 0.962. The molecule has 0 amide bonds. The van der Waals surface area contributed by atoms with E-state index in [1.807, 2.05) is 43.5 Å². The Labute approximate surface area is 221 Å². The van der Waals surface area contributed by atoms with Gasteiger partial charge in [-0.15, -0.1) is 0 Å². The molecule has 1 heterocycles. The molecule has 1 aliphatic carbocycles. The Morgan fingerprint density at radius 2 is 1.81 bits per heavy atom. The zero-order chi connectivity index (χ0) is 26.8. The van der Waals surface area contributed by atoms with Crippen molar-refractivity contribution in [2.45, 2.75) is 38.9 Å². The van der Waals surface area contributed by atoms with Gasteiger partial charge in [-0.05, 0) is 65.6 Å². The zero-order valence-electron chi connectivity index (χ0n) is 21.7.